The Kier molecular flexibility index (Phi) is 12.4. The first-order chi connectivity index (χ1) is 22.7. The Morgan fingerprint density at radius 3 is 1.73 bits per heavy atom. The van der Waals surface area contributed by atoms with Crippen molar-refractivity contribution in [3.05, 3.63) is 136 Å². The van der Waals surface area contributed by atoms with E-state index < -0.39 is 19.1 Å². The van der Waals surface area contributed by atoms with Crippen molar-refractivity contribution in [2.45, 2.75) is 70.6 Å². The molecule has 1 aliphatic carbocycles. The van der Waals surface area contributed by atoms with Crippen molar-refractivity contribution < 1.29 is 21.6 Å². The van der Waals surface area contributed by atoms with Crippen LogP contribution in [-0.2, 0) is 30.2 Å². The fourth-order valence-corrected chi connectivity index (χ4v) is 9.50. The number of halogens is 1. The van der Waals surface area contributed by atoms with Gasteiger partial charge < -0.3 is 4.74 Å². The van der Waals surface area contributed by atoms with Crippen LogP contribution in [0.3, 0.4) is 0 Å². The Bertz CT molecular complexity index is 2090. The zero-order valence-electron chi connectivity index (χ0n) is 28.4. The number of benzene rings is 4. The topological polar surface area (TPSA) is 82.4 Å². The maximum Gasteiger partial charge on any atom is 0.268 e. The fraction of sp³-hybridized carbons (Fsp3) is 0.282. The minimum Gasteiger partial charge on any atom is -0.381 e. The van der Waals surface area contributed by atoms with Gasteiger partial charge in [0.1, 0.15) is 12.0 Å². The highest BCUT2D eigenvalue weighted by atomic mass is 35.7. The van der Waals surface area contributed by atoms with Crippen molar-refractivity contribution in [1.82, 2.24) is 3.97 Å². The van der Waals surface area contributed by atoms with Gasteiger partial charge in [0.05, 0.1) is 26.9 Å². The van der Waals surface area contributed by atoms with Crippen molar-refractivity contribution in [1.29, 1.82) is 0 Å². The summed E-state index contributed by atoms with van der Waals surface area (Å²) in [5.41, 5.74) is 8.52. The third-order valence-corrected chi connectivity index (χ3v) is 11.6. The Balaban J connectivity index is 0.000000163. The Labute approximate surface area is 290 Å². The molecule has 0 radical (unpaired) electrons. The molecule has 2 heterocycles. The standard InChI is InChI=1S/C17H17NO2S.C9H11ClO2S.C9H7.C4H8O/c1-12-10-13(2)17(14(3)11-12)21(19,20)18-9-8-15-6-4-5-7-16(15)18;1-6-4-7(2)9(8(3)5-6)13(10,11)12;1-2-5-9-7-3-6-8(9)4-1;1-2-4-5-3-1/h4-11H,1-3H3;4-5H,1-3H3;1-2,4-6H,7H2;1-4H2/q;;+1;. The highest BCUT2D eigenvalue weighted by Crippen LogP contribution is 2.28. The van der Waals surface area contributed by atoms with Crippen LogP contribution in [0.25, 0.3) is 17.0 Å². The predicted molar refractivity (Wildman–Crippen MR) is 197 cm³/mol. The molecule has 6 nitrogen and oxygen atoms in total. The molecule has 5 aromatic rings. The van der Waals surface area contributed by atoms with Crippen LogP contribution in [0.1, 0.15) is 57.3 Å². The number of aromatic nitrogens is 1. The van der Waals surface area contributed by atoms with Gasteiger partial charge in [-0.2, -0.15) is 0 Å². The smallest absolute Gasteiger partial charge is 0.268 e. The molecule has 0 saturated carbocycles. The van der Waals surface area contributed by atoms with Crippen molar-refractivity contribution in [3.63, 3.8) is 0 Å². The van der Waals surface area contributed by atoms with Crippen molar-refractivity contribution in [2.24, 2.45) is 0 Å². The van der Waals surface area contributed by atoms with Gasteiger partial charge >= 0.3 is 0 Å². The monoisotopic (exact) mass is 704 g/mol. The third kappa shape index (κ3) is 9.22. The second-order valence-electron chi connectivity index (χ2n) is 12.1. The Hall–Kier alpha value is -3.78. The largest absolute Gasteiger partial charge is 0.381 e. The van der Waals surface area contributed by atoms with Gasteiger partial charge in [0.2, 0.25) is 0 Å². The van der Waals surface area contributed by atoms with E-state index in [-0.39, 0.29) is 4.90 Å². The van der Waals surface area contributed by atoms with E-state index in [1.165, 1.54) is 27.9 Å². The lowest BCUT2D eigenvalue weighted by Gasteiger charge is -2.14. The lowest BCUT2D eigenvalue weighted by Crippen LogP contribution is -2.14. The summed E-state index contributed by atoms with van der Waals surface area (Å²) in [5, 5.41) is 0.920. The molecule has 0 N–H and O–H groups in total. The van der Waals surface area contributed by atoms with Crippen LogP contribution < -0.4 is 0 Å². The van der Waals surface area contributed by atoms with E-state index in [0.717, 1.165) is 47.3 Å². The van der Waals surface area contributed by atoms with Crippen molar-refractivity contribution in [2.75, 3.05) is 13.2 Å². The van der Waals surface area contributed by atoms with E-state index in [2.05, 4.69) is 36.4 Å². The number of aryl methyl sites for hydroxylation is 6. The van der Waals surface area contributed by atoms with Gasteiger partial charge in [0.25, 0.3) is 19.1 Å². The number of allylic oxidation sites excluding steroid dienone is 1. The van der Waals surface area contributed by atoms with E-state index >= 15 is 0 Å². The highest BCUT2D eigenvalue weighted by molar-refractivity contribution is 8.13. The van der Waals surface area contributed by atoms with E-state index in [1.807, 2.05) is 82.3 Å². The predicted octanol–water partition coefficient (Wildman–Crippen LogP) is 9.20. The van der Waals surface area contributed by atoms with E-state index in [1.54, 1.807) is 20.0 Å². The Morgan fingerprint density at radius 2 is 1.21 bits per heavy atom. The van der Waals surface area contributed by atoms with Gasteiger partial charge in [-0.3, -0.25) is 0 Å². The van der Waals surface area contributed by atoms with Gasteiger partial charge in [-0.15, -0.1) is 0 Å². The normalized spacial score (nSPS) is 13.3. The summed E-state index contributed by atoms with van der Waals surface area (Å²) < 4.78 is 54.7. The summed E-state index contributed by atoms with van der Waals surface area (Å²) in [5.74, 6) is 0. The molecule has 4 aromatic carbocycles. The summed E-state index contributed by atoms with van der Waals surface area (Å²) in [4.78, 5) is 0.634. The zero-order chi connectivity index (χ0) is 35.1. The minimum absolute atomic E-state index is 0.236. The molecule has 252 valence electrons. The summed E-state index contributed by atoms with van der Waals surface area (Å²) in [6.07, 6.45) is 10.4. The van der Waals surface area contributed by atoms with Gasteiger partial charge in [-0.1, -0.05) is 59.7 Å². The SMILES string of the molecule is C1CCOC1.Cc1cc(C)c(S(=O)(=O)Cl)c(C)c1.Cc1cc(C)c(S(=O)(=O)n2ccc3ccccc32)c(C)c1.[C+]1=Cc2ccccc2C1. The molecule has 1 fully saturated rings. The average Bonchev–Trinajstić information content (AvgIpc) is 3.79. The number of ether oxygens (including phenoxy) is 1. The molecule has 0 atom stereocenters. The first kappa shape index (κ1) is 37.0. The molecule has 0 amide bonds. The number of rotatable bonds is 3. The molecule has 1 aromatic heterocycles. The van der Waals surface area contributed by atoms with Crippen LogP contribution >= 0.6 is 10.7 Å². The molecular weight excluding hydrogens is 662 g/mol. The molecule has 0 bridgehead atoms. The maximum absolute atomic E-state index is 13.0. The first-order valence-corrected chi connectivity index (χ1v) is 19.6. The summed E-state index contributed by atoms with van der Waals surface area (Å²) in [6, 6.07) is 25.1. The van der Waals surface area contributed by atoms with Crippen LogP contribution in [0, 0.1) is 47.6 Å². The second-order valence-corrected chi connectivity index (χ2v) is 16.4. The molecule has 1 saturated heterocycles. The Morgan fingerprint density at radius 1 is 0.688 bits per heavy atom. The van der Waals surface area contributed by atoms with E-state index in [4.69, 9.17) is 15.4 Å². The molecule has 0 spiro atoms. The first-order valence-electron chi connectivity index (χ1n) is 15.8. The van der Waals surface area contributed by atoms with Crippen LogP contribution in [0.2, 0.25) is 0 Å². The number of hydrogen-bond acceptors (Lipinski definition) is 5. The lowest BCUT2D eigenvalue weighted by molar-refractivity contribution is 0.198. The van der Waals surface area contributed by atoms with Crippen LogP contribution in [-0.4, -0.2) is 34.0 Å². The maximum atomic E-state index is 13.0. The number of hydrogen-bond donors (Lipinski definition) is 0. The van der Waals surface area contributed by atoms with Crippen LogP contribution in [0.15, 0.2) is 94.9 Å². The molecule has 7 rings (SSSR count). The average molecular weight is 705 g/mol. The molecule has 1 aliphatic heterocycles. The number of para-hydroxylation sites is 1. The van der Waals surface area contributed by atoms with Gasteiger partial charge in [0.15, 0.2) is 6.08 Å². The fourth-order valence-electron chi connectivity index (χ4n) is 6.11. The number of nitrogens with zero attached hydrogens (tertiary/aromatic N) is 1. The zero-order valence-corrected chi connectivity index (χ0v) is 30.8. The van der Waals surface area contributed by atoms with E-state index in [0.29, 0.717) is 21.5 Å². The summed E-state index contributed by atoms with van der Waals surface area (Å²) in [7, 11) is -1.90. The molecular formula is C39H43ClNO5S2+. The van der Waals surface area contributed by atoms with E-state index in [9.17, 15) is 16.8 Å². The van der Waals surface area contributed by atoms with Crippen LogP contribution in [0.4, 0.5) is 0 Å². The van der Waals surface area contributed by atoms with Gasteiger partial charge in [0, 0.05) is 41.5 Å². The molecule has 48 heavy (non-hydrogen) atoms. The molecule has 0 unspecified atom stereocenters. The van der Waals surface area contributed by atoms with Crippen LogP contribution in [0.5, 0.6) is 0 Å². The van der Waals surface area contributed by atoms with Gasteiger partial charge in [-0.25, -0.2) is 20.8 Å². The van der Waals surface area contributed by atoms with Crippen molar-refractivity contribution >= 4 is 46.7 Å². The second kappa shape index (κ2) is 16.1. The van der Waals surface area contributed by atoms with Gasteiger partial charge in [-0.05, 0) is 101 Å². The summed E-state index contributed by atoms with van der Waals surface area (Å²) in [6.45, 7) is 13.1. The molecule has 9 heteroatoms. The van der Waals surface area contributed by atoms with Crippen molar-refractivity contribution in [3.8, 4) is 0 Å². The highest BCUT2D eigenvalue weighted by Gasteiger charge is 2.23. The third-order valence-electron chi connectivity index (χ3n) is 7.97. The number of fused-ring (bicyclic) bond motifs is 2. The summed E-state index contributed by atoms with van der Waals surface area (Å²) >= 11 is 0. The molecule has 2 aliphatic rings. The quantitative estimate of drug-likeness (QED) is 0.138. The minimum atomic E-state index is -3.61. The lowest BCUT2D eigenvalue weighted by atomic mass is 10.1.